The summed E-state index contributed by atoms with van der Waals surface area (Å²) in [6, 6.07) is 2.62. The van der Waals surface area contributed by atoms with Crippen LogP contribution in [0.15, 0.2) is 24.0 Å². The van der Waals surface area contributed by atoms with Gasteiger partial charge in [0.25, 0.3) is 0 Å². The monoisotopic (exact) mass is 262 g/mol. The van der Waals surface area contributed by atoms with Crippen molar-refractivity contribution in [3.8, 4) is 5.75 Å². The number of phenolic OH excluding ortho intramolecular Hbond substituents is 1. The van der Waals surface area contributed by atoms with Crippen LogP contribution in [-0.4, -0.2) is 23.3 Å². The molecule has 1 aromatic carbocycles. The lowest BCUT2D eigenvalue weighted by Gasteiger charge is -2.09. The molecule has 2 N–H and O–H groups in total. The number of carboxylic acid groups (broad SMARTS) is 1. The Hall–Kier alpha value is -2.18. The van der Waals surface area contributed by atoms with E-state index in [1.54, 1.807) is 0 Å². The highest BCUT2D eigenvalue weighted by molar-refractivity contribution is 5.89. The summed E-state index contributed by atoms with van der Waals surface area (Å²) in [5, 5.41) is 17.7. The Morgan fingerprint density at radius 1 is 1.39 bits per heavy atom. The van der Waals surface area contributed by atoms with Crippen LogP contribution in [0, 0.1) is 0 Å². The Kier molecular flexibility index (Phi) is 3.85. The zero-order valence-electron chi connectivity index (χ0n) is 9.15. The summed E-state index contributed by atoms with van der Waals surface area (Å²) in [6.07, 6.45) is -3.79. The number of aliphatic carboxylic acids is 1. The van der Waals surface area contributed by atoms with Crippen molar-refractivity contribution in [1.82, 2.24) is 0 Å². The van der Waals surface area contributed by atoms with Crippen molar-refractivity contribution in [3.63, 3.8) is 0 Å². The number of halogens is 3. The molecule has 1 rings (SSSR count). The van der Waals surface area contributed by atoms with Gasteiger partial charge in [-0.1, -0.05) is 6.07 Å². The molecule has 0 heterocycles. The number of ether oxygens (including phenoxy) is 1. The van der Waals surface area contributed by atoms with Crippen molar-refractivity contribution >= 4 is 12.0 Å². The third-order valence-electron chi connectivity index (χ3n) is 2.05. The van der Waals surface area contributed by atoms with Gasteiger partial charge in [-0.15, -0.1) is 0 Å². The van der Waals surface area contributed by atoms with Gasteiger partial charge in [-0.2, -0.15) is 13.2 Å². The Labute approximate surface area is 99.9 Å². The average Bonchev–Trinajstić information content (AvgIpc) is 2.25. The number of carbonyl (C=O) groups is 1. The molecule has 0 aromatic heterocycles. The SMILES string of the molecule is CO/C(=C\c1ccc(O)c(C(F)(F)F)c1)C(=O)O. The fraction of sp³-hybridized carbons (Fsp3) is 0.182. The van der Waals surface area contributed by atoms with E-state index in [1.807, 2.05) is 0 Å². The first kappa shape index (κ1) is 13.9. The zero-order chi connectivity index (χ0) is 13.9. The van der Waals surface area contributed by atoms with Crippen LogP contribution < -0.4 is 0 Å². The Balaban J connectivity index is 3.25. The molecular weight excluding hydrogens is 253 g/mol. The minimum absolute atomic E-state index is 0.0422. The number of methoxy groups -OCH3 is 1. The first-order chi connectivity index (χ1) is 8.25. The predicted molar refractivity (Wildman–Crippen MR) is 55.7 cm³/mol. The number of aromatic hydroxyl groups is 1. The Morgan fingerprint density at radius 3 is 2.44 bits per heavy atom. The van der Waals surface area contributed by atoms with Gasteiger partial charge < -0.3 is 14.9 Å². The minimum atomic E-state index is -4.72. The molecule has 0 aliphatic carbocycles. The smallest absolute Gasteiger partial charge is 0.419 e. The molecule has 0 amide bonds. The number of benzene rings is 1. The van der Waals surface area contributed by atoms with Crippen LogP contribution in [0.25, 0.3) is 6.08 Å². The highest BCUT2D eigenvalue weighted by atomic mass is 19.4. The normalized spacial score (nSPS) is 12.3. The molecule has 0 bridgehead atoms. The van der Waals surface area contributed by atoms with Gasteiger partial charge in [0.05, 0.1) is 12.7 Å². The van der Waals surface area contributed by atoms with Crippen molar-refractivity contribution in [3.05, 3.63) is 35.1 Å². The van der Waals surface area contributed by atoms with E-state index in [2.05, 4.69) is 4.74 Å². The fourth-order valence-electron chi connectivity index (χ4n) is 1.23. The van der Waals surface area contributed by atoms with Crippen molar-refractivity contribution in [2.24, 2.45) is 0 Å². The zero-order valence-corrected chi connectivity index (χ0v) is 9.15. The molecule has 18 heavy (non-hydrogen) atoms. The second kappa shape index (κ2) is 4.99. The van der Waals surface area contributed by atoms with Crippen LogP contribution in [0.1, 0.15) is 11.1 Å². The molecule has 0 saturated heterocycles. The Morgan fingerprint density at radius 2 is 2.00 bits per heavy atom. The molecule has 4 nitrogen and oxygen atoms in total. The number of phenols is 1. The second-order valence-corrected chi connectivity index (χ2v) is 3.29. The summed E-state index contributed by atoms with van der Waals surface area (Å²) in [5.74, 6) is -2.83. The lowest BCUT2D eigenvalue weighted by atomic mass is 10.1. The summed E-state index contributed by atoms with van der Waals surface area (Å²) in [6.45, 7) is 0. The van der Waals surface area contributed by atoms with Crippen molar-refractivity contribution in [2.45, 2.75) is 6.18 Å². The van der Waals surface area contributed by atoms with Crippen LogP contribution in [0.5, 0.6) is 5.75 Å². The summed E-state index contributed by atoms with van der Waals surface area (Å²) >= 11 is 0. The third kappa shape index (κ3) is 3.16. The highest BCUT2D eigenvalue weighted by Crippen LogP contribution is 2.36. The molecule has 0 aliphatic rings. The first-order valence-electron chi connectivity index (χ1n) is 4.65. The molecule has 1 aromatic rings. The quantitative estimate of drug-likeness (QED) is 0.648. The van der Waals surface area contributed by atoms with Crippen LogP contribution >= 0.6 is 0 Å². The molecule has 0 spiro atoms. The predicted octanol–water partition coefficient (Wildman–Crippen LogP) is 2.48. The third-order valence-corrected chi connectivity index (χ3v) is 2.05. The molecule has 0 fully saturated rings. The number of hydrogen-bond acceptors (Lipinski definition) is 3. The Bertz CT molecular complexity index is 492. The van der Waals surface area contributed by atoms with E-state index in [0.29, 0.717) is 6.07 Å². The van der Waals surface area contributed by atoms with E-state index in [9.17, 15) is 18.0 Å². The maximum Gasteiger partial charge on any atom is 0.419 e. The van der Waals surface area contributed by atoms with E-state index in [-0.39, 0.29) is 5.56 Å². The summed E-state index contributed by atoms with van der Waals surface area (Å²) in [7, 11) is 1.09. The minimum Gasteiger partial charge on any atom is -0.507 e. The number of hydrogen-bond donors (Lipinski definition) is 2. The lowest BCUT2D eigenvalue weighted by molar-refractivity contribution is -0.139. The molecule has 0 saturated carbocycles. The van der Waals surface area contributed by atoms with E-state index < -0.39 is 29.2 Å². The molecule has 0 atom stereocenters. The van der Waals surface area contributed by atoms with E-state index in [0.717, 1.165) is 25.3 Å². The summed E-state index contributed by atoms with van der Waals surface area (Å²) < 4.78 is 41.9. The van der Waals surface area contributed by atoms with Gasteiger partial charge in [0.15, 0.2) is 0 Å². The van der Waals surface area contributed by atoms with Gasteiger partial charge in [0, 0.05) is 0 Å². The standard InChI is InChI=1S/C11H9F3O4/c1-18-9(10(16)17)5-6-2-3-8(15)7(4-6)11(12,13)14/h2-5,15H,1H3,(H,16,17)/b9-5-. The van der Waals surface area contributed by atoms with Crippen LogP contribution in [-0.2, 0) is 15.7 Å². The molecule has 0 radical (unpaired) electrons. The van der Waals surface area contributed by atoms with Crippen LogP contribution in [0.2, 0.25) is 0 Å². The van der Waals surface area contributed by atoms with Gasteiger partial charge in [-0.05, 0) is 23.8 Å². The van der Waals surface area contributed by atoms with Gasteiger partial charge in [0.1, 0.15) is 5.75 Å². The van der Waals surface area contributed by atoms with E-state index in [1.165, 1.54) is 0 Å². The number of carboxylic acids is 1. The molecule has 0 unspecified atom stereocenters. The van der Waals surface area contributed by atoms with E-state index >= 15 is 0 Å². The average molecular weight is 262 g/mol. The van der Waals surface area contributed by atoms with Gasteiger partial charge in [-0.3, -0.25) is 0 Å². The van der Waals surface area contributed by atoms with Crippen molar-refractivity contribution < 1.29 is 32.9 Å². The highest BCUT2D eigenvalue weighted by Gasteiger charge is 2.33. The summed E-state index contributed by atoms with van der Waals surface area (Å²) in [4.78, 5) is 10.6. The number of alkyl halides is 3. The number of rotatable bonds is 3. The maximum absolute atomic E-state index is 12.5. The van der Waals surface area contributed by atoms with E-state index in [4.69, 9.17) is 10.2 Å². The topological polar surface area (TPSA) is 66.8 Å². The van der Waals surface area contributed by atoms with Gasteiger partial charge >= 0.3 is 12.1 Å². The fourth-order valence-corrected chi connectivity index (χ4v) is 1.23. The summed E-state index contributed by atoms with van der Waals surface area (Å²) in [5.41, 5.74) is -1.28. The van der Waals surface area contributed by atoms with Gasteiger partial charge in [0.2, 0.25) is 5.76 Å². The van der Waals surface area contributed by atoms with Crippen molar-refractivity contribution in [2.75, 3.05) is 7.11 Å². The molecular formula is C11H9F3O4. The molecule has 98 valence electrons. The largest absolute Gasteiger partial charge is 0.507 e. The maximum atomic E-state index is 12.5. The second-order valence-electron chi connectivity index (χ2n) is 3.29. The molecule has 7 heteroatoms. The van der Waals surface area contributed by atoms with Crippen LogP contribution in [0.4, 0.5) is 13.2 Å². The lowest BCUT2D eigenvalue weighted by Crippen LogP contribution is -2.06. The molecule has 0 aliphatic heterocycles. The first-order valence-corrected chi connectivity index (χ1v) is 4.65. The van der Waals surface area contributed by atoms with Crippen LogP contribution in [0.3, 0.4) is 0 Å². The van der Waals surface area contributed by atoms with Gasteiger partial charge in [-0.25, -0.2) is 4.79 Å². The van der Waals surface area contributed by atoms with Crippen molar-refractivity contribution in [1.29, 1.82) is 0 Å².